The third kappa shape index (κ3) is 3.14. The number of hydrogen-bond acceptors (Lipinski definition) is 2. The van der Waals surface area contributed by atoms with E-state index in [2.05, 4.69) is 4.98 Å². The molecule has 0 aliphatic carbocycles. The largest absolute Gasteiger partial charge is 0.331 e. The first-order valence-corrected chi connectivity index (χ1v) is 4.41. The lowest BCUT2D eigenvalue weighted by atomic mass is 10.1. The molecule has 1 heterocycles. The summed E-state index contributed by atoms with van der Waals surface area (Å²) < 4.78 is 15.1. The number of rotatable bonds is 4. The Bertz CT molecular complexity index is 262. The van der Waals surface area contributed by atoms with E-state index in [1.165, 1.54) is 0 Å². The van der Waals surface area contributed by atoms with Gasteiger partial charge in [-0.25, -0.2) is 9.37 Å². The summed E-state index contributed by atoms with van der Waals surface area (Å²) in [6, 6.07) is 0. The molecule has 4 heteroatoms. The minimum absolute atomic E-state index is 0.336. The molecular formula is C9H16FN3. The average Bonchev–Trinajstić information content (AvgIpc) is 2.34. The molecule has 74 valence electrons. The van der Waals surface area contributed by atoms with Crippen LogP contribution in [0.15, 0.2) is 12.5 Å². The van der Waals surface area contributed by atoms with Crippen LogP contribution in [0.5, 0.6) is 0 Å². The first kappa shape index (κ1) is 10.2. The van der Waals surface area contributed by atoms with Crippen molar-refractivity contribution >= 4 is 0 Å². The monoisotopic (exact) mass is 185 g/mol. The quantitative estimate of drug-likeness (QED) is 0.764. The second-order valence-electron chi connectivity index (χ2n) is 3.77. The van der Waals surface area contributed by atoms with Crippen molar-refractivity contribution in [3.05, 3.63) is 18.2 Å². The molecule has 0 aliphatic heterocycles. The molecule has 1 aromatic heterocycles. The lowest BCUT2D eigenvalue weighted by Crippen LogP contribution is -2.22. The zero-order chi connectivity index (χ0) is 9.90. The van der Waals surface area contributed by atoms with Gasteiger partial charge in [0.15, 0.2) is 0 Å². The van der Waals surface area contributed by atoms with E-state index in [1.54, 1.807) is 26.4 Å². The van der Waals surface area contributed by atoms with Crippen LogP contribution < -0.4 is 5.73 Å². The lowest BCUT2D eigenvalue weighted by Gasteiger charge is -2.16. The highest BCUT2D eigenvalue weighted by molar-refractivity contribution is 4.99. The van der Waals surface area contributed by atoms with Crippen LogP contribution in [0.3, 0.4) is 0 Å². The summed E-state index contributed by atoms with van der Waals surface area (Å²) in [4.78, 5) is 3.97. The zero-order valence-corrected chi connectivity index (χ0v) is 8.13. The van der Waals surface area contributed by atoms with E-state index in [4.69, 9.17) is 5.73 Å². The lowest BCUT2D eigenvalue weighted by molar-refractivity contribution is 0.184. The van der Waals surface area contributed by atoms with Crippen LogP contribution >= 0.6 is 0 Å². The Morgan fingerprint density at radius 1 is 1.62 bits per heavy atom. The van der Waals surface area contributed by atoms with Crippen LogP contribution in [-0.4, -0.2) is 21.8 Å². The van der Waals surface area contributed by atoms with Crippen LogP contribution in [0.25, 0.3) is 0 Å². The Balaban J connectivity index is 2.70. The maximum absolute atomic E-state index is 13.3. The summed E-state index contributed by atoms with van der Waals surface area (Å²) in [7, 11) is 0. The van der Waals surface area contributed by atoms with Gasteiger partial charge in [0.2, 0.25) is 0 Å². The zero-order valence-electron chi connectivity index (χ0n) is 8.13. The first-order chi connectivity index (χ1) is 6.03. The van der Waals surface area contributed by atoms with Gasteiger partial charge in [-0.3, -0.25) is 0 Å². The summed E-state index contributed by atoms with van der Waals surface area (Å²) in [6.45, 7) is 4.01. The maximum Gasteiger partial charge on any atom is 0.123 e. The second kappa shape index (κ2) is 3.87. The molecule has 0 fully saturated rings. The van der Waals surface area contributed by atoms with Gasteiger partial charge in [0.05, 0.1) is 12.9 Å². The maximum atomic E-state index is 13.3. The minimum Gasteiger partial charge on any atom is -0.331 e. The molecule has 0 atom stereocenters. The molecule has 0 radical (unpaired) electrons. The normalized spacial score (nSPS) is 12.0. The van der Waals surface area contributed by atoms with Gasteiger partial charge < -0.3 is 10.3 Å². The van der Waals surface area contributed by atoms with Crippen molar-refractivity contribution in [3.8, 4) is 0 Å². The van der Waals surface area contributed by atoms with Gasteiger partial charge in [0.1, 0.15) is 5.67 Å². The van der Waals surface area contributed by atoms with E-state index in [1.807, 2.05) is 4.57 Å². The van der Waals surface area contributed by atoms with Crippen molar-refractivity contribution in [2.24, 2.45) is 5.73 Å². The van der Waals surface area contributed by atoms with Crippen LogP contribution in [0.2, 0.25) is 0 Å². The standard InChI is InChI=1S/C9H16FN3/c1-9(2,10)6-13-7-12-5-8(13)3-4-11/h5,7H,3-4,6,11H2,1-2H3. The molecule has 0 unspecified atom stereocenters. The molecule has 1 rings (SSSR count). The molecule has 1 aromatic rings. The van der Waals surface area contributed by atoms with Gasteiger partial charge in [-0.15, -0.1) is 0 Å². The van der Waals surface area contributed by atoms with E-state index in [0.717, 1.165) is 12.1 Å². The van der Waals surface area contributed by atoms with Gasteiger partial charge in [-0.2, -0.15) is 0 Å². The molecule has 0 spiro atoms. The van der Waals surface area contributed by atoms with E-state index in [0.29, 0.717) is 13.1 Å². The van der Waals surface area contributed by atoms with E-state index < -0.39 is 5.67 Å². The second-order valence-corrected chi connectivity index (χ2v) is 3.77. The van der Waals surface area contributed by atoms with Crippen molar-refractivity contribution in [1.82, 2.24) is 9.55 Å². The predicted molar refractivity (Wildman–Crippen MR) is 50.2 cm³/mol. The van der Waals surface area contributed by atoms with Gasteiger partial charge >= 0.3 is 0 Å². The molecule has 0 aromatic carbocycles. The van der Waals surface area contributed by atoms with Crippen molar-refractivity contribution in [2.45, 2.75) is 32.5 Å². The van der Waals surface area contributed by atoms with Crippen LogP contribution in [0.1, 0.15) is 19.5 Å². The fourth-order valence-corrected chi connectivity index (χ4v) is 1.25. The average molecular weight is 185 g/mol. The molecule has 3 nitrogen and oxygen atoms in total. The van der Waals surface area contributed by atoms with E-state index in [9.17, 15) is 4.39 Å². The fraction of sp³-hybridized carbons (Fsp3) is 0.667. The summed E-state index contributed by atoms with van der Waals surface area (Å²) >= 11 is 0. The molecule has 13 heavy (non-hydrogen) atoms. The number of aromatic nitrogens is 2. The van der Waals surface area contributed by atoms with Crippen molar-refractivity contribution in [3.63, 3.8) is 0 Å². The van der Waals surface area contributed by atoms with Crippen molar-refractivity contribution < 1.29 is 4.39 Å². The number of hydrogen-bond donors (Lipinski definition) is 1. The Morgan fingerprint density at radius 3 is 2.85 bits per heavy atom. The highest BCUT2D eigenvalue weighted by Crippen LogP contribution is 2.13. The van der Waals surface area contributed by atoms with Crippen molar-refractivity contribution in [1.29, 1.82) is 0 Å². The summed E-state index contributed by atoms with van der Waals surface area (Å²) in [5, 5.41) is 0. The topological polar surface area (TPSA) is 43.8 Å². The molecule has 0 amide bonds. The highest BCUT2D eigenvalue weighted by atomic mass is 19.1. The summed E-state index contributed by atoms with van der Waals surface area (Å²) in [5.41, 5.74) is 5.21. The van der Waals surface area contributed by atoms with Crippen LogP contribution in [-0.2, 0) is 13.0 Å². The fourth-order valence-electron chi connectivity index (χ4n) is 1.25. The molecule has 2 N–H and O–H groups in total. The van der Waals surface area contributed by atoms with E-state index in [-0.39, 0.29) is 0 Å². The van der Waals surface area contributed by atoms with Gasteiger partial charge in [-0.05, 0) is 20.4 Å². The van der Waals surface area contributed by atoms with Crippen LogP contribution in [0.4, 0.5) is 4.39 Å². The SMILES string of the molecule is CC(C)(F)Cn1cncc1CCN. The minimum atomic E-state index is -1.20. The van der Waals surface area contributed by atoms with E-state index >= 15 is 0 Å². The smallest absolute Gasteiger partial charge is 0.123 e. The number of alkyl halides is 1. The number of nitrogens with two attached hydrogens (primary N) is 1. The third-order valence-electron chi connectivity index (χ3n) is 1.75. The van der Waals surface area contributed by atoms with Gasteiger partial charge in [-0.1, -0.05) is 0 Å². The molecule has 0 saturated heterocycles. The first-order valence-electron chi connectivity index (χ1n) is 4.41. The Morgan fingerprint density at radius 2 is 2.31 bits per heavy atom. The van der Waals surface area contributed by atoms with Gasteiger partial charge in [0.25, 0.3) is 0 Å². The molecule has 0 bridgehead atoms. The Hall–Kier alpha value is -0.900. The Labute approximate surface area is 77.8 Å². The number of halogens is 1. The Kier molecular flexibility index (Phi) is 3.03. The van der Waals surface area contributed by atoms with Crippen LogP contribution in [0, 0.1) is 0 Å². The molecule has 0 saturated carbocycles. The molecular weight excluding hydrogens is 169 g/mol. The summed E-state index contributed by atoms with van der Waals surface area (Å²) in [5.74, 6) is 0. The predicted octanol–water partition coefficient (Wildman–Crippen LogP) is 1.13. The summed E-state index contributed by atoms with van der Waals surface area (Å²) in [6.07, 6.45) is 4.13. The van der Waals surface area contributed by atoms with Crippen molar-refractivity contribution in [2.75, 3.05) is 6.54 Å². The highest BCUT2D eigenvalue weighted by Gasteiger charge is 2.17. The molecule has 0 aliphatic rings. The van der Waals surface area contributed by atoms with Gasteiger partial charge in [0, 0.05) is 18.3 Å². The number of nitrogens with zero attached hydrogens (tertiary/aromatic N) is 2. The third-order valence-corrected chi connectivity index (χ3v) is 1.75. The number of imidazole rings is 1.